The minimum atomic E-state index is 0.578. The summed E-state index contributed by atoms with van der Waals surface area (Å²) in [6.07, 6.45) is 0. The van der Waals surface area contributed by atoms with Crippen LogP contribution >= 0.6 is 0 Å². The fourth-order valence-electron chi connectivity index (χ4n) is 8.24. The van der Waals surface area contributed by atoms with Crippen molar-refractivity contribution in [3.8, 4) is 56.4 Å². The van der Waals surface area contributed by atoms with E-state index in [1.165, 1.54) is 0 Å². The lowest BCUT2D eigenvalue weighted by molar-refractivity contribution is 0.665. The summed E-state index contributed by atoms with van der Waals surface area (Å²) in [5, 5.41) is 6.19. The van der Waals surface area contributed by atoms with E-state index in [-0.39, 0.29) is 0 Å². The zero-order valence-electron chi connectivity index (χ0n) is 30.3. The molecule has 0 saturated carbocycles. The average molecular weight is 732 g/mol. The van der Waals surface area contributed by atoms with Gasteiger partial charge in [0.05, 0.1) is 0 Å². The van der Waals surface area contributed by atoms with Crippen LogP contribution in [0.2, 0.25) is 0 Å². The van der Waals surface area contributed by atoms with Crippen molar-refractivity contribution < 1.29 is 13.3 Å². The zero-order chi connectivity index (χ0) is 37.5. The molecular formula is C51H29N3O3. The van der Waals surface area contributed by atoms with Crippen LogP contribution in [-0.4, -0.2) is 15.0 Å². The maximum absolute atomic E-state index is 6.85. The van der Waals surface area contributed by atoms with Crippen LogP contribution in [0.15, 0.2) is 189 Å². The van der Waals surface area contributed by atoms with Gasteiger partial charge in [-0.15, -0.1) is 0 Å². The molecule has 6 heteroatoms. The molecule has 0 N–H and O–H groups in total. The number of hydrogen-bond donors (Lipinski definition) is 0. The van der Waals surface area contributed by atoms with Crippen molar-refractivity contribution in [3.05, 3.63) is 176 Å². The van der Waals surface area contributed by atoms with Gasteiger partial charge in [-0.25, -0.2) is 15.0 Å². The lowest BCUT2D eigenvalue weighted by Gasteiger charge is -2.09. The Hall–Kier alpha value is -7.83. The maximum atomic E-state index is 6.85. The first kappa shape index (κ1) is 31.5. The molecule has 0 bridgehead atoms. The van der Waals surface area contributed by atoms with Gasteiger partial charge in [-0.1, -0.05) is 133 Å². The highest BCUT2D eigenvalue weighted by atomic mass is 16.3. The van der Waals surface area contributed by atoms with Gasteiger partial charge < -0.3 is 13.3 Å². The Morgan fingerprint density at radius 1 is 0.263 bits per heavy atom. The minimum absolute atomic E-state index is 0.578. The predicted octanol–water partition coefficient (Wildman–Crippen LogP) is 13.9. The van der Waals surface area contributed by atoms with Crippen LogP contribution in [0.25, 0.3) is 122 Å². The van der Waals surface area contributed by atoms with E-state index in [0.717, 1.165) is 105 Å². The molecule has 0 aliphatic rings. The van der Waals surface area contributed by atoms with Gasteiger partial charge in [0.1, 0.15) is 33.5 Å². The van der Waals surface area contributed by atoms with Crippen molar-refractivity contribution in [1.82, 2.24) is 15.0 Å². The van der Waals surface area contributed by atoms with Gasteiger partial charge in [-0.3, -0.25) is 0 Å². The Kier molecular flexibility index (Phi) is 6.83. The van der Waals surface area contributed by atoms with E-state index < -0.39 is 0 Å². The van der Waals surface area contributed by atoms with E-state index in [1.54, 1.807) is 0 Å². The van der Waals surface area contributed by atoms with Crippen LogP contribution in [0.5, 0.6) is 0 Å². The van der Waals surface area contributed by atoms with E-state index in [4.69, 9.17) is 28.2 Å². The third-order valence-corrected chi connectivity index (χ3v) is 10.9. The highest BCUT2D eigenvalue weighted by Crippen LogP contribution is 2.45. The fourth-order valence-corrected chi connectivity index (χ4v) is 8.24. The quantitative estimate of drug-likeness (QED) is 0.175. The predicted molar refractivity (Wildman–Crippen MR) is 229 cm³/mol. The number of aromatic nitrogens is 3. The van der Waals surface area contributed by atoms with E-state index in [0.29, 0.717) is 17.5 Å². The van der Waals surface area contributed by atoms with E-state index in [2.05, 4.69) is 72.8 Å². The topological polar surface area (TPSA) is 78.1 Å². The molecule has 0 saturated heterocycles. The van der Waals surface area contributed by atoms with Gasteiger partial charge in [-0.05, 0) is 48.0 Å². The molecule has 0 aliphatic heterocycles. The molecule has 0 aliphatic carbocycles. The molecule has 0 amide bonds. The zero-order valence-corrected chi connectivity index (χ0v) is 30.3. The van der Waals surface area contributed by atoms with Crippen LogP contribution in [0.4, 0.5) is 0 Å². The molecule has 0 spiro atoms. The van der Waals surface area contributed by atoms with Gasteiger partial charge >= 0.3 is 0 Å². The molecule has 0 radical (unpaired) electrons. The van der Waals surface area contributed by atoms with E-state index >= 15 is 0 Å². The molecule has 12 rings (SSSR count). The number of para-hydroxylation sites is 4. The monoisotopic (exact) mass is 731 g/mol. The second-order valence-corrected chi connectivity index (χ2v) is 14.3. The number of fused-ring (bicyclic) bond motifs is 9. The lowest BCUT2D eigenvalue weighted by Crippen LogP contribution is -2.00. The molecule has 8 aromatic carbocycles. The molecule has 4 aromatic heterocycles. The summed E-state index contributed by atoms with van der Waals surface area (Å²) in [6, 6.07) is 59.7. The van der Waals surface area contributed by atoms with Crippen molar-refractivity contribution in [2.45, 2.75) is 0 Å². The Labute approximate surface area is 325 Å². The normalized spacial score (nSPS) is 11.9. The Morgan fingerprint density at radius 3 is 1.33 bits per heavy atom. The van der Waals surface area contributed by atoms with Gasteiger partial charge in [-0.2, -0.15) is 0 Å². The fraction of sp³-hybridized carbons (Fsp3) is 0. The van der Waals surface area contributed by atoms with E-state index in [1.807, 2.05) is 103 Å². The highest BCUT2D eigenvalue weighted by Gasteiger charge is 2.22. The van der Waals surface area contributed by atoms with Crippen LogP contribution in [0.1, 0.15) is 0 Å². The Bertz CT molecular complexity index is 3470. The summed E-state index contributed by atoms with van der Waals surface area (Å²) in [6.45, 7) is 0. The second-order valence-electron chi connectivity index (χ2n) is 14.3. The smallest absolute Gasteiger partial charge is 0.164 e. The Balaban J connectivity index is 1.13. The van der Waals surface area contributed by atoms with Crippen molar-refractivity contribution in [3.63, 3.8) is 0 Å². The van der Waals surface area contributed by atoms with Gasteiger partial charge in [0.2, 0.25) is 0 Å². The summed E-state index contributed by atoms with van der Waals surface area (Å²) in [4.78, 5) is 15.0. The highest BCUT2D eigenvalue weighted by molar-refractivity contribution is 6.17. The van der Waals surface area contributed by atoms with Crippen molar-refractivity contribution in [1.29, 1.82) is 0 Å². The maximum Gasteiger partial charge on any atom is 0.164 e. The number of nitrogens with zero attached hydrogens (tertiary/aromatic N) is 3. The molecule has 0 unspecified atom stereocenters. The molecule has 6 nitrogen and oxygen atoms in total. The molecule has 266 valence electrons. The molecule has 0 atom stereocenters. The number of hydrogen-bond acceptors (Lipinski definition) is 6. The second kappa shape index (κ2) is 12.3. The molecule has 4 heterocycles. The first-order chi connectivity index (χ1) is 28.2. The van der Waals surface area contributed by atoms with Crippen LogP contribution < -0.4 is 0 Å². The average Bonchev–Trinajstić information content (AvgIpc) is 3.98. The van der Waals surface area contributed by atoms with Crippen LogP contribution in [0, 0.1) is 0 Å². The van der Waals surface area contributed by atoms with Crippen molar-refractivity contribution >= 4 is 65.8 Å². The third-order valence-electron chi connectivity index (χ3n) is 10.9. The number of benzene rings is 8. The summed E-state index contributed by atoms with van der Waals surface area (Å²) in [7, 11) is 0. The van der Waals surface area contributed by atoms with Gasteiger partial charge in [0.15, 0.2) is 17.5 Å². The SMILES string of the molecule is c1ccc(-c2nc(-c3ccccc3)nc(-c3ccc4oc5c(-c6cccc7c6oc6ccccc67)cc(-c6cccc7c6oc6ccccc67)cc5c4c3)n2)cc1. The molecule has 0 fully saturated rings. The molecular weight excluding hydrogens is 703 g/mol. The van der Waals surface area contributed by atoms with Gasteiger partial charge in [0, 0.05) is 65.7 Å². The van der Waals surface area contributed by atoms with E-state index in [9.17, 15) is 0 Å². The first-order valence-electron chi connectivity index (χ1n) is 18.9. The van der Waals surface area contributed by atoms with Crippen molar-refractivity contribution in [2.24, 2.45) is 0 Å². The van der Waals surface area contributed by atoms with Gasteiger partial charge in [0.25, 0.3) is 0 Å². The minimum Gasteiger partial charge on any atom is -0.455 e. The summed E-state index contributed by atoms with van der Waals surface area (Å²) in [5.74, 6) is 1.80. The summed E-state index contributed by atoms with van der Waals surface area (Å²) < 4.78 is 20.0. The van der Waals surface area contributed by atoms with Crippen LogP contribution in [0.3, 0.4) is 0 Å². The van der Waals surface area contributed by atoms with Crippen LogP contribution in [-0.2, 0) is 0 Å². The number of rotatable bonds is 5. The molecule has 12 aromatic rings. The van der Waals surface area contributed by atoms with Crippen molar-refractivity contribution in [2.75, 3.05) is 0 Å². The summed E-state index contributed by atoms with van der Waals surface area (Å²) in [5.41, 5.74) is 11.4. The first-order valence-corrected chi connectivity index (χ1v) is 18.9. The molecule has 57 heavy (non-hydrogen) atoms. The standard InChI is InChI=1S/C51H29N3O3/c1-3-13-30(14-4-1)49-52-50(31-15-5-2-6-16-31)54-51(53-49)32-25-26-45-40(27-32)42-29-33(34-19-11-20-37-35-17-7-9-23-43(35)55-46(34)37)28-41(48(42)57-45)39-22-12-21-38-36-18-8-10-24-44(36)56-47(38)39/h1-29H. The largest absolute Gasteiger partial charge is 0.455 e. The number of furan rings is 3. The lowest BCUT2D eigenvalue weighted by atomic mass is 9.93. The third kappa shape index (κ3) is 5.01. The Morgan fingerprint density at radius 2 is 0.719 bits per heavy atom. The summed E-state index contributed by atoms with van der Waals surface area (Å²) >= 11 is 0.